The number of aryl methyl sites for hydroxylation is 1. The van der Waals surface area contributed by atoms with E-state index in [4.69, 9.17) is 5.73 Å². The summed E-state index contributed by atoms with van der Waals surface area (Å²) in [6.07, 6.45) is 0.988. The minimum atomic E-state index is -0.168. The average molecular weight is 213 g/mol. The molecule has 0 fully saturated rings. The maximum Gasteiger partial charge on any atom is 0.123 e. The highest BCUT2D eigenvalue weighted by molar-refractivity contribution is 8.00. The second kappa shape index (κ2) is 5.37. The van der Waals surface area contributed by atoms with Gasteiger partial charge in [-0.2, -0.15) is 0 Å². The molecule has 0 radical (unpaired) electrons. The molecule has 1 unspecified atom stereocenters. The minimum absolute atomic E-state index is 0.168. The molecule has 0 bridgehead atoms. The van der Waals surface area contributed by atoms with Crippen molar-refractivity contribution in [1.29, 1.82) is 0 Å². The Morgan fingerprint density at radius 3 is 2.79 bits per heavy atom. The Morgan fingerprint density at radius 2 is 2.21 bits per heavy atom. The fourth-order valence-electron chi connectivity index (χ4n) is 1.26. The molecule has 1 atom stereocenters. The molecule has 0 aromatic heterocycles. The first kappa shape index (κ1) is 11.5. The molecule has 2 N–H and O–H groups in total. The number of hydrogen-bond donors (Lipinski definition) is 1. The third-order valence-corrected chi connectivity index (χ3v) is 3.39. The van der Waals surface area contributed by atoms with Gasteiger partial charge in [-0.25, -0.2) is 4.39 Å². The van der Waals surface area contributed by atoms with Crippen LogP contribution in [0.4, 0.5) is 4.39 Å². The predicted molar refractivity (Wildman–Crippen MR) is 60.1 cm³/mol. The van der Waals surface area contributed by atoms with Gasteiger partial charge in [0.15, 0.2) is 0 Å². The van der Waals surface area contributed by atoms with Crippen LogP contribution in [0.25, 0.3) is 0 Å². The van der Waals surface area contributed by atoms with E-state index in [1.54, 1.807) is 17.8 Å². The Morgan fingerprint density at radius 1 is 1.50 bits per heavy atom. The van der Waals surface area contributed by atoms with E-state index in [1.165, 1.54) is 6.07 Å². The molecule has 0 heterocycles. The number of rotatable bonds is 4. The van der Waals surface area contributed by atoms with Crippen LogP contribution in [-0.2, 0) is 0 Å². The van der Waals surface area contributed by atoms with E-state index in [9.17, 15) is 4.39 Å². The van der Waals surface area contributed by atoms with E-state index in [0.29, 0.717) is 11.8 Å². The monoisotopic (exact) mass is 213 g/mol. The molecule has 0 saturated heterocycles. The highest BCUT2D eigenvalue weighted by atomic mass is 32.2. The Bertz CT molecular complexity index is 301. The normalized spacial score (nSPS) is 12.9. The zero-order chi connectivity index (χ0) is 10.6. The maximum absolute atomic E-state index is 12.8. The Labute approximate surface area is 88.9 Å². The summed E-state index contributed by atoms with van der Waals surface area (Å²) >= 11 is 1.76. The van der Waals surface area contributed by atoms with Gasteiger partial charge in [-0.05, 0) is 43.7 Å². The summed E-state index contributed by atoms with van der Waals surface area (Å²) in [5.41, 5.74) is 6.47. The van der Waals surface area contributed by atoms with Gasteiger partial charge < -0.3 is 5.73 Å². The van der Waals surface area contributed by atoms with E-state index in [-0.39, 0.29) is 5.82 Å². The van der Waals surface area contributed by atoms with E-state index in [2.05, 4.69) is 6.92 Å². The number of nitrogens with two attached hydrogens (primary N) is 1. The Balaban J connectivity index is 2.67. The smallest absolute Gasteiger partial charge is 0.123 e. The van der Waals surface area contributed by atoms with Crippen LogP contribution in [0.2, 0.25) is 0 Å². The van der Waals surface area contributed by atoms with Gasteiger partial charge in [-0.15, -0.1) is 11.8 Å². The topological polar surface area (TPSA) is 26.0 Å². The largest absolute Gasteiger partial charge is 0.330 e. The van der Waals surface area contributed by atoms with Crippen LogP contribution in [0.1, 0.15) is 18.9 Å². The zero-order valence-electron chi connectivity index (χ0n) is 8.59. The fraction of sp³-hybridized carbons (Fsp3) is 0.455. The van der Waals surface area contributed by atoms with Gasteiger partial charge >= 0.3 is 0 Å². The molecule has 0 aliphatic heterocycles. The fourth-order valence-corrected chi connectivity index (χ4v) is 2.33. The Kier molecular flexibility index (Phi) is 4.42. The first-order valence-corrected chi connectivity index (χ1v) is 5.64. The summed E-state index contributed by atoms with van der Waals surface area (Å²) in [5, 5.41) is 0.490. The predicted octanol–water partition coefficient (Wildman–Crippen LogP) is 2.96. The number of benzene rings is 1. The molecule has 78 valence electrons. The van der Waals surface area contributed by atoms with Gasteiger partial charge in [0.2, 0.25) is 0 Å². The molecule has 0 aliphatic carbocycles. The second-order valence-electron chi connectivity index (χ2n) is 3.42. The highest BCUT2D eigenvalue weighted by Gasteiger charge is 2.06. The highest BCUT2D eigenvalue weighted by Crippen LogP contribution is 2.28. The molecular formula is C11H16FNS. The molecule has 0 aliphatic rings. The molecule has 0 amide bonds. The summed E-state index contributed by atoms with van der Waals surface area (Å²) in [6.45, 7) is 4.77. The molecule has 1 aromatic carbocycles. The van der Waals surface area contributed by atoms with E-state index < -0.39 is 0 Å². The molecule has 1 rings (SSSR count). The van der Waals surface area contributed by atoms with Crippen molar-refractivity contribution >= 4 is 11.8 Å². The molecule has 1 aromatic rings. The van der Waals surface area contributed by atoms with Crippen molar-refractivity contribution in [1.82, 2.24) is 0 Å². The van der Waals surface area contributed by atoms with Gasteiger partial charge in [0.1, 0.15) is 5.82 Å². The van der Waals surface area contributed by atoms with Crippen molar-refractivity contribution in [3.05, 3.63) is 29.6 Å². The van der Waals surface area contributed by atoms with Crippen LogP contribution in [0, 0.1) is 12.7 Å². The minimum Gasteiger partial charge on any atom is -0.330 e. The van der Waals surface area contributed by atoms with E-state index >= 15 is 0 Å². The maximum atomic E-state index is 12.8. The first-order valence-electron chi connectivity index (χ1n) is 4.76. The number of thioether (sulfide) groups is 1. The van der Waals surface area contributed by atoms with Gasteiger partial charge in [-0.3, -0.25) is 0 Å². The second-order valence-corrected chi connectivity index (χ2v) is 4.90. The zero-order valence-corrected chi connectivity index (χ0v) is 9.40. The van der Waals surface area contributed by atoms with Crippen LogP contribution >= 0.6 is 11.8 Å². The van der Waals surface area contributed by atoms with Crippen LogP contribution in [0.5, 0.6) is 0 Å². The number of hydrogen-bond acceptors (Lipinski definition) is 2. The summed E-state index contributed by atoms with van der Waals surface area (Å²) in [6, 6.07) is 4.91. The third-order valence-electron chi connectivity index (χ3n) is 2.04. The van der Waals surface area contributed by atoms with Crippen molar-refractivity contribution in [2.75, 3.05) is 6.54 Å². The Hall–Kier alpha value is -0.540. The van der Waals surface area contributed by atoms with Crippen LogP contribution < -0.4 is 5.73 Å². The van der Waals surface area contributed by atoms with E-state index in [1.807, 2.05) is 13.0 Å². The van der Waals surface area contributed by atoms with Crippen molar-refractivity contribution in [2.24, 2.45) is 5.73 Å². The molecular weight excluding hydrogens is 197 g/mol. The lowest BCUT2D eigenvalue weighted by Crippen LogP contribution is -2.07. The molecule has 14 heavy (non-hydrogen) atoms. The van der Waals surface area contributed by atoms with Crippen molar-refractivity contribution < 1.29 is 4.39 Å². The lowest BCUT2D eigenvalue weighted by atomic mass is 10.2. The summed E-state index contributed by atoms with van der Waals surface area (Å²) in [7, 11) is 0. The molecule has 0 saturated carbocycles. The van der Waals surface area contributed by atoms with Gasteiger partial charge in [0.05, 0.1) is 0 Å². The summed E-state index contributed by atoms with van der Waals surface area (Å²) < 4.78 is 12.8. The van der Waals surface area contributed by atoms with Crippen molar-refractivity contribution in [3.8, 4) is 0 Å². The van der Waals surface area contributed by atoms with Crippen LogP contribution in [0.15, 0.2) is 23.1 Å². The standard InChI is InChI=1S/C11H16FNS/c1-8-7-10(12)3-4-11(8)14-9(2)5-6-13/h3-4,7,9H,5-6,13H2,1-2H3. The molecule has 1 nitrogen and oxygen atoms in total. The summed E-state index contributed by atoms with van der Waals surface area (Å²) in [4.78, 5) is 1.15. The summed E-state index contributed by atoms with van der Waals surface area (Å²) in [5.74, 6) is -0.168. The average Bonchev–Trinajstić information content (AvgIpc) is 2.10. The van der Waals surface area contributed by atoms with Crippen LogP contribution in [0.3, 0.4) is 0 Å². The third kappa shape index (κ3) is 3.31. The van der Waals surface area contributed by atoms with E-state index in [0.717, 1.165) is 16.9 Å². The first-order chi connectivity index (χ1) is 6.63. The van der Waals surface area contributed by atoms with Crippen LogP contribution in [-0.4, -0.2) is 11.8 Å². The quantitative estimate of drug-likeness (QED) is 0.778. The van der Waals surface area contributed by atoms with Crippen molar-refractivity contribution in [2.45, 2.75) is 30.4 Å². The number of halogens is 1. The lowest BCUT2D eigenvalue weighted by Gasteiger charge is -2.11. The van der Waals surface area contributed by atoms with Gasteiger partial charge in [-0.1, -0.05) is 6.92 Å². The lowest BCUT2D eigenvalue weighted by molar-refractivity contribution is 0.625. The molecule has 3 heteroatoms. The molecule has 0 spiro atoms. The SMILES string of the molecule is Cc1cc(F)ccc1SC(C)CCN. The van der Waals surface area contributed by atoms with Gasteiger partial charge in [0, 0.05) is 10.1 Å². The van der Waals surface area contributed by atoms with Gasteiger partial charge in [0.25, 0.3) is 0 Å². The van der Waals surface area contributed by atoms with Crippen molar-refractivity contribution in [3.63, 3.8) is 0 Å².